The molecule has 3 rings (SSSR count). The van der Waals surface area contributed by atoms with Crippen LogP contribution in [0.1, 0.15) is 36.8 Å². The second kappa shape index (κ2) is 8.00. The van der Waals surface area contributed by atoms with Crippen LogP contribution in [-0.2, 0) is 6.42 Å². The van der Waals surface area contributed by atoms with Gasteiger partial charge in [-0.1, -0.05) is 36.4 Å². The first kappa shape index (κ1) is 16.6. The Labute approximate surface area is 142 Å². The van der Waals surface area contributed by atoms with E-state index in [0.29, 0.717) is 12.4 Å². The lowest BCUT2D eigenvalue weighted by atomic mass is 9.97. The summed E-state index contributed by atoms with van der Waals surface area (Å²) < 4.78 is 24.5. The average Bonchev–Trinajstić information content (AvgIpc) is 2.61. The van der Waals surface area contributed by atoms with Crippen molar-refractivity contribution in [3.05, 3.63) is 65.5 Å². The topological polar surface area (TPSA) is 18.5 Å². The zero-order valence-corrected chi connectivity index (χ0v) is 14.1. The third-order valence-corrected chi connectivity index (χ3v) is 4.38. The number of unbranched alkanes of at least 4 members (excludes halogenated alkanes) is 2. The highest BCUT2D eigenvalue weighted by molar-refractivity contribution is 5.73. The minimum atomic E-state index is -0.375. The number of hydrogen-bond acceptors (Lipinski definition) is 2. The van der Waals surface area contributed by atoms with Crippen LogP contribution in [0, 0.1) is 5.82 Å². The zero-order valence-electron chi connectivity index (χ0n) is 14.1. The van der Waals surface area contributed by atoms with Crippen LogP contribution >= 0.6 is 0 Å². The second-order valence-electron chi connectivity index (χ2n) is 6.04. The summed E-state index contributed by atoms with van der Waals surface area (Å²) in [5.41, 5.74) is 3.58. The molecule has 0 unspecified atom stereocenters. The van der Waals surface area contributed by atoms with Crippen LogP contribution in [-0.4, -0.2) is 13.7 Å². The number of hydrogen-bond donors (Lipinski definition) is 0. The van der Waals surface area contributed by atoms with Crippen LogP contribution in [0.25, 0.3) is 5.57 Å². The summed E-state index contributed by atoms with van der Waals surface area (Å²) in [7, 11) is 1.49. The molecule has 126 valence electrons. The van der Waals surface area contributed by atoms with Crippen LogP contribution in [0.5, 0.6) is 11.5 Å². The summed E-state index contributed by atoms with van der Waals surface area (Å²) in [6.45, 7) is 0.606. The molecule has 0 amide bonds. The molecular formula is C21H23FO2. The summed E-state index contributed by atoms with van der Waals surface area (Å²) in [6.07, 6.45) is 7.59. The van der Waals surface area contributed by atoms with Crippen molar-refractivity contribution < 1.29 is 13.9 Å². The van der Waals surface area contributed by atoms with E-state index in [1.54, 1.807) is 6.07 Å². The molecule has 3 heteroatoms. The van der Waals surface area contributed by atoms with E-state index in [-0.39, 0.29) is 11.6 Å². The molecule has 0 N–H and O–H groups in total. The Hall–Kier alpha value is -2.29. The molecule has 1 aliphatic heterocycles. The lowest BCUT2D eigenvalue weighted by Gasteiger charge is -2.21. The Morgan fingerprint density at radius 1 is 1.17 bits per heavy atom. The average molecular weight is 326 g/mol. The standard InChI is InChI=1S/C21H23FO2/c1-23-21-14-18-17(12-13-24-20(18)15-19(21)22)11-7-3-6-10-16-8-4-2-5-9-16/h2,4-5,8-9,11,14-15H,3,6-7,10,12-13H2,1H3/b17-11+. The molecule has 2 nitrogen and oxygen atoms in total. The van der Waals surface area contributed by atoms with Gasteiger partial charge in [-0.2, -0.15) is 0 Å². The van der Waals surface area contributed by atoms with Crippen molar-refractivity contribution in [1.82, 2.24) is 0 Å². The van der Waals surface area contributed by atoms with Gasteiger partial charge in [0, 0.05) is 18.1 Å². The smallest absolute Gasteiger partial charge is 0.168 e. The summed E-state index contributed by atoms with van der Waals surface area (Å²) >= 11 is 0. The van der Waals surface area contributed by atoms with Crippen LogP contribution < -0.4 is 9.47 Å². The number of halogens is 1. The fourth-order valence-corrected chi connectivity index (χ4v) is 3.07. The first-order valence-electron chi connectivity index (χ1n) is 8.51. The Morgan fingerprint density at radius 3 is 2.79 bits per heavy atom. The summed E-state index contributed by atoms with van der Waals surface area (Å²) in [4.78, 5) is 0. The van der Waals surface area contributed by atoms with E-state index in [1.807, 2.05) is 6.07 Å². The number of methoxy groups -OCH3 is 1. The Morgan fingerprint density at radius 2 is 2.00 bits per heavy atom. The van der Waals surface area contributed by atoms with E-state index in [9.17, 15) is 4.39 Å². The highest BCUT2D eigenvalue weighted by atomic mass is 19.1. The third kappa shape index (κ3) is 3.97. The van der Waals surface area contributed by atoms with Crippen molar-refractivity contribution >= 4 is 5.57 Å². The molecule has 24 heavy (non-hydrogen) atoms. The lowest BCUT2D eigenvalue weighted by Crippen LogP contribution is -2.08. The van der Waals surface area contributed by atoms with E-state index >= 15 is 0 Å². The van der Waals surface area contributed by atoms with Gasteiger partial charge in [0.25, 0.3) is 0 Å². The third-order valence-electron chi connectivity index (χ3n) is 4.38. The van der Waals surface area contributed by atoms with Gasteiger partial charge in [-0.05, 0) is 42.9 Å². The highest BCUT2D eigenvalue weighted by Gasteiger charge is 2.18. The molecule has 0 atom stereocenters. The van der Waals surface area contributed by atoms with E-state index in [1.165, 1.54) is 30.7 Å². The number of rotatable bonds is 6. The van der Waals surface area contributed by atoms with Gasteiger partial charge in [0.15, 0.2) is 11.6 Å². The summed E-state index contributed by atoms with van der Waals surface area (Å²) in [6, 6.07) is 13.7. The minimum absolute atomic E-state index is 0.272. The molecule has 1 aliphatic rings. The van der Waals surface area contributed by atoms with Gasteiger partial charge in [-0.25, -0.2) is 4.39 Å². The summed E-state index contributed by atoms with van der Waals surface area (Å²) in [5.74, 6) is 0.518. The van der Waals surface area contributed by atoms with Crippen molar-refractivity contribution in [2.75, 3.05) is 13.7 Å². The predicted octanol–water partition coefficient (Wildman–Crippen LogP) is 5.41. The minimum Gasteiger partial charge on any atom is -0.494 e. The largest absolute Gasteiger partial charge is 0.494 e. The van der Waals surface area contributed by atoms with Gasteiger partial charge >= 0.3 is 0 Å². The highest BCUT2D eigenvalue weighted by Crippen LogP contribution is 2.37. The van der Waals surface area contributed by atoms with Gasteiger partial charge in [0.2, 0.25) is 0 Å². The van der Waals surface area contributed by atoms with Crippen molar-refractivity contribution in [1.29, 1.82) is 0 Å². The van der Waals surface area contributed by atoms with Crippen molar-refractivity contribution in [3.63, 3.8) is 0 Å². The predicted molar refractivity (Wildman–Crippen MR) is 95.0 cm³/mol. The molecule has 0 bridgehead atoms. The molecule has 0 aromatic heterocycles. The van der Waals surface area contributed by atoms with E-state index < -0.39 is 0 Å². The molecule has 0 fully saturated rings. The Bertz CT molecular complexity index is 707. The normalized spacial score (nSPS) is 15.0. The molecular weight excluding hydrogens is 303 g/mol. The van der Waals surface area contributed by atoms with E-state index in [2.05, 4.69) is 30.3 Å². The first-order chi connectivity index (χ1) is 11.8. The van der Waals surface area contributed by atoms with Gasteiger partial charge in [0.05, 0.1) is 13.7 Å². The fraction of sp³-hybridized carbons (Fsp3) is 0.333. The Balaban J connectivity index is 1.60. The van der Waals surface area contributed by atoms with Crippen LogP contribution in [0.15, 0.2) is 48.5 Å². The SMILES string of the molecule is COc1cc2c(cc1F)OCC/C2=C\CCCCc1ccccc1. The van der Waals surface area contributed by atoms with Crippen molar-refractivity contribution in [2.45, 2.75) is 32.1 Å². The number of fused-ring (bicyclic) bond motifs is 1. The van der Waals surface area contributed by atoms with Gasteiger partial charge in [-0.3, -0.25) is 0 Å². The molecule has 2 aromatic rings. The molecule has 0 saturated carbocycles. The second-order valence-corrected chi connectivity index (χ2v) is 6.04. The zero-order chi connectivity index (χ0) is 16.8. The fourth-order valence-electron chi connectivity index (χ4n) is 3.07. The maximum absolute atomic E-state index is 13.8. The van der Waals surface area contributed by atoms with Crippen molar-refractivity contribution in [3.8, 4) is 11.5 Å². The van der Waals surface area contributed by atoms with Crippen molar-refractivity contribution in [2.24, 2.45) is 0 Å². The molecule has 0 aliphatic carbocycles. The van der Waals surface area contributed by atoms with E-state index in [0.717, 1.165) is 31.2 Å². The van der Waals surface area contributed by atoms with Gasteiger partial charge in [0.1, 0.15) is 5.75 Å². The van der Waals surface area contributed by atoms with E-state index in [4.69, 9.17) is 9.47 Å². The van der Waals surface area contributed by atoms with Crippen LogP contribution in [0.3, 0.4) is 0 Å². The van der Waals surface area contributed by atoms with Gasteiger partial charge in [-0.15, -0.1) is 0 Å². The maximum Gasteiger partial charge on any atom is 0.168 e. The van der Waals surface area contributed by atoms with Crippen LogP contribution in [0.4, 0.5) is 4.39 Å². The molecule has 0 saturated heterocycles. The quantitative estimate of drug-likeness (QED) is 0.661. The Kier molecular flexibility index (Phi) is 5.52. The molecule has 2 aromatic carbocycles. The maximum atomic E-state index is 13.8. The monoisotopic (exact) mass is 326 g/mol. The lowest BCUT2D eigenvalue weighted by molar-refractivity contribution is 0.311. The number of ether oxygens (including phenoxy) is 2. The number of allylic oxidation sites excluding steroid dienone is 1. The molecule has 0 spiro atoms. The number of aryl methyl sites for hydroxylation is 1. The molecule has 0 radical (unpaired) electrons. The first-order valence-corrected chi connectivity index (χ1v) is 8.51. The van der Waals surface area contributed by atoms with Gasteiger partial charge < -0.3 is 9.47 Å². The van der Waals surface area contributed by atoms with Crippen LogP contribution in [0.2, 0.25) is 0 Å². The molecule has 1 heterocycles. The summed E-state index contributed by atoms with van der Waals surface area (Å²) in [5, 5.41) is 0. The number of benzene rings is 2.